The number of imidazole rings is 1. The zero-order valence-corrected chi connectivity index (χ0v) is 21.9. The van der Waals surface area contributed by atoms with E-state index in [2.05, 4.69) is 21.9 Å². The topological polar surface area (TPSA) is 155 Å². The lowest BCUT2D eigenvalue weighted by Crippen LogP contribution is -2.35. The second-order valence-corrected chi connectivity index (χ2v) is 9.96. The van der Waals surface area contributed by atoms with Gasteiger partial charge in [0.05, 0.1) is 12.9 Å². The van der Waals surface area contributed by atoms with Crippen LogP contribution in [0.25, 0.3) is 11.2 Å². The minimum absolute atomic E-state index is 0.0267. The number of ether oxygens (including phenoxy) is 2. The normalized spacial score (nSPS) is 22.1. The molecule has 0 radical (unpaired) electrons. The molecule has 1 fully saturated rings. The summed E-state index contributed by atoms with van der Waals surface area (Å²) < 4.78 is 13.6. The molecular formula is C26H46N6O4. The monoisotopic (exact) mass is 506 g/mol. The van der Waals surface area contributed by atoms with Crippen LogP contribution in [0.15, 0.2) is 6.33 Å². The van der Waals surface area contributed by atoms with E-state index in [-0.39, 0.29) is 18.4 Å². The quantitative estimate of drug-likeness (QED) is 0.219. The Morgan fingerprint density at radius 1 is 0.917 bits per heavy atom. The van der Waals surface area contributed by atoms with Gasteiger partial charge in [-0.2, -0.15) is 9.97 Å². The number of hydrogen-bond donors (Lipinski definition) is 4. The van der Waals surface area contributed by atoms with Gasteiger partial charge in [0.25, 0.3) is 0 Å². The van der Waals surface area contributed by atoms with Gasteiger partial charge in [-0.3, -0.25) is 4.57 Å². The maximum atomic E-state index is 10.7. The molecule has 10 nitrogen and oxygen atoms in total. The Morgan fingerprint density at radius 2 is 1.50 bits per heavy atom. The first-order valence-corrected chi connectivity index (χ1v) is 13.9. The average Bonchev–Trinajstić information content (AvgIpc) is 3.42. The first-order valence-electron chi connectivity index (χ1n) is 13.9. The van der Waals surface area contributed by atoms with E-state index in [1.165, 1.54) is 83.4 Å². The van der Waals surface area contributed by atoms with Crippen molar-refractivity contribution >= 4 is 22.9 Å². The Kier molecular flexibility index (Phi) is 12.1. The van der Waals surface area contributed by atoms with Crippen molar-refractivity contribution in [3.63, 3.8) is 0 Å². The molecule has 0 spiro atoms. The molecule has 2 aromatic heterocycles. The van der Waals surface area contributed by atoms with Gasteiger partial charge >= 0.3 is 0 Å². The number of rotatable bonds is 18. The third-order valence-corrected chi connectivity index (χ3v) is 7.04. The lowest BCUT2D eigenvalue weighted by atomic mass is 10.0. The molecule has 10 heteroatoms. The summed E-state index contributed by atoms with van der Waals surface area (Å²) in [6.45, 7) is 2.45. The van der Waals surface area contributed by atoms with Crippen molar-refractivity contribution in [2.75, 3.05) is 24.7 Å². The van der Waals surface area contributed by atoms with Gasteiger partial charge in [0.1, 0.15) is 23.8 Å². The number of anilines is 2. The van der Waals surface area contributed by atoms with Gasteiger partial charge in [-0.25, -0.2) is 4.98 Å². The lowest BCUT2D eigenvalue weighted by Gasteiger charge is -2.22. The molecule has 0 aromatic carbocycles. The summed E-state index contributed by atoms with van der Waals surface area (Å²) in [5, 5.41) is 20.3. The van der Waals surface area contributed by atoms with Gasteiger partial charge in [-0.1, -0.05) is 90.4 Å². The molecule has 0 amide bonds. The molecule has 3 rings (SSSR count). The fourth-order valence-corrected chi connectivity index (χ4v) is 4.93. The molecule has 2 aromatic rings. The molecule has 1 saturated heterocycles. The van der Waals surface area contributed by atoms with Gasteiger partial charge in [-0.05, 0) is 6.42 Å². The number of aromatic nitrogens is 4. The van der Waals surface area contributed by atoms with Crippen molar-refractivity contribution in [1.29, 1.82) is 0 Å². The van der Waals surface area contributed by atoms with Crippen LogP contribution in [0.3, 0.4) is 0 Å². The minimum Gasteiger partial charge on any atom is -0.394 e. The highest BCUT2D eigenvalue weighted by Gasteiger charge is 2.45. The molecule has 4 atom stereocenters. The fraction of sp³-hybridized carbons (Fsp3) is 0.808. The average molecular weight is 507 g/mol. The third kappa shape index (κ3) is 7.99. The summed E-state index contributed by atoms with van der Waals surface area (Å²) in [4.78, 5) is 12.4. The van der Waals surface area contributed by atoms with Gasteiger partial charge in [-0.15, -0.1) is 0 Å². The summed E-state index contributed by atoms with van der Waals surface area (Å²) in [6.07, 6.45) is 16.5. The highest BCUT2D eigenvalue weighted by Crippen LogP contribution is 2.34. The van der Waals surface area contributed by atoms with Crippen molar-refractivity contribution < 1.29 is 19.7 Å². The molecule has 1 aliphatic heterocycles. The first-order chi connectivity index (χ1) is 17.6. The van der Waals surface area contributed by atoms with E-state index >= 15 is 0 Å². The number of hydrogen-bond acceptors (Lipinski definition) is 9. The molecule has 0 saturated carbocycles. The smallest absolute Gasteiger partial charge is 0.224 e. The van der Waals surface area contributed by atoms with Crippen molar-refractivity contribution in [3.05, 3.63) is 6.33 Å². The van der Waals surface area contributed by atoms with Crippen LogP contribution in [0.1, 0.15) is 103 Å². The van der Waals surface area contributed by atoms with E-state index in [0.29, 0.717) is 17.8 Å². The van der Waals surface area contributed by atoms with Crippen LogP contribution in [0.4, 0.5) is 11.8 Å². The molecule has 204 valence electrons. The summed E-state index contributed by atoms with van der Waals surface area (Å²) in [6, 6.07) is 0. The molecule has 0 bridgehead atoms. The van der Waals surface area contributed by atoms with Crippen LogP contribution in [0.5, 0.6) is 0 Å². The number of nitrogen functional groups attached to an aromatic ring is 2. The number of unbranched alkanes of at least 4 members (excludes halogenated alkanes) is 13. The fourth-order valence-electron chi connectivity index (χ4n) is 4.93. The van der Waals surface area contributed by atoms with Crippen molar-refractivity contribution in [1.82, 2.24) is 19.5 Å². The summed E-state index contributed by atoms with van der Waals surface area (Å²) in [5.41, 5.74) is 12.5. The van der Waals surface area contributed by atoms with E-state index in [0.717, 1.165) is 12.8 Å². The predicted molar refractivity (Wildman–Crippen MR) is 141 cm³/mol. The van der Waals surface area contributed by atoms with Gasteiger partial charge in [0, 0.05) is 6.61 Å². The van der Waals surface area contributed by atoms with Crippen LogP contribution < -0.4 is 11.5 Å². The number of aliphatic hydroxyl groups is 2. The maximum absolute atomic E-state index is 10.7. The zero-order valence-electron chi connectivity index (χ0n) is 21.9. The number of nitrogens with two attached hydrogens (primary N) is 2. The second-order valence-electron chi connectivity index (χ2n) is 9.96. The second kappa shape index (κ2) is 15.3. The highest BCUT2D eigenvalue weighted by molar-refractivity contribution is 5.82. The van der Waals surface area contributed by atoms with Crippen LogP contribution >= 0.6 is 0 Å². The van der Waals surface area contributed by atoms with Crippen molar-refractivity contribution in [3.8, 4) is 0 Å². The summed E-state index contributed by atoms with van der Waals surface area (Å²) in [5.74, 6) is 0.201. The highest BCUT2D eigenvalue weighted by atomic mass is 16.6. The molecule has 0 aliphatic carbocycles. The molecule has 6 N–H and O–H groups in total. The zero-order chi connectivity index (χ0) is 25.8. The van der Waals surface area contributed by atoms with Gasteiger partial charge < -0.3 is 31.2 Å². The number of aliphatic hydroxyl groups excluding tert-OH is 2. The SMILES string of the molecule is CCCCCCCCCCCCCCCCOC1[C@@H](O)[C@@H](CO)O[C@H]1n1cnc2c(N)nc(N)nc21. The third-order valence-electron chi connectivity index (χ3n) is 7.04. The predicted octanol–water partition coefficient (Wildman–Crippen LogP) is 4.11. The Hall–Kier alpha value is -2.01. The number of fused-ring (bicyclic) bond motifs is 1. The largest absolute Gasteiger partial charge is 0.394 e. The molecule has 1 unspecified atom stereocenters. The van der Waals surface area contributed by atoms with Crippen LogP contribution in [-0.4, -0.2) is 61.3 Å². The number of nitrogens with zero attached hydrogens (tertiary/aromatic N) is 4. The molecule has 36 heavy (non-hydrogen) atoms. The molecule has 1 aliphatic rings. The van der Waals surface area contributed by atoms with E-state index < -0.39 is 24.5 Å². The van der Waals surface area contributed by atoms with E-state index in [9.17, 15) is 10.2 Å². The van der Waals surface area contributed by atoms with Gasteiger partial charge in [0.2, 0.25) is 5.95 Å². The summed E-state index contributed by atoms with van der Waals surface area (Å²) in [7, 11) is 0. The minimum atomic E-state index is -0.972. The first kappa shape index (κ1) is 28.6. The standard InChI is InChI=1S/C26H46N6O4/c1-2-3-4-5-6-7-8-9-10-11-12-13-14-15-16-35-22-21(34)19(17-33)36-25(22)32-18-29-20-23(27)30-26(28)31-24(20)32/h18-19,21-22,25,33-34H,2-17H2,1H3,(H4,27,28,30,31)/t19-,21+,22?,25-/m1/s1. The van der Waals surface area contributed by atoms with Crippen molar-refractivity contribution in [2.24, 2.45) is 0 Å². The molecular weight excluding hydrogens is 460 g/mol. The Morgan fingerprint density at radius 3 is 2.08 bits per heavy atom. The Balaban J connectivity index is 1.35. The van der Waals surface area contributed by atoms with Crippen molar-refractivity contribution in [2.45, 2.75) is 121 Å². The van der Waals surface area contributed by atoms with Crippen LogP contribution in [-0.2, 0) is 9.47 Å². The Labute approximate surface area is 214 Å². The van der Waals surface area contributed by atoms with E-state index in [1.807, 2.05) is 0 Å². The Bertz CT molecular complexity index is 895. The van der Waals surface area contributed by atoms with E-state index in [1.54, 1.807) is 4.57 Å². The molecule has 3 heterocycles. The maximum Gasteiger partial charge on any atom is 0.224 e. The van der Waals surface area contributed by atoms with Gasteiger partial charge in [0.15, 0.2) is 17.7 Å². The van der Waals surface area contributed by atoms with Crippen LogP contribution in [0.2, 0.25) is 0 Å². The van der Waals surface area contributed by atoms with Crippen LogP contribution in [0, 0.1) is 0 Å². The lowest BCUT2D eigenvalue weighted by molar-refractivity contribution is -0.0711. The summed E-state index contributed by atoms with van der Waals surface area (Å²) >= 11 is 0. The van der Waals surface area contributed by atoms with E-state index in [4.69, 9.17) is 20.9 Å².